The van der Waals surface area contributed by atoms with Crippen molar-refractivity contribution in [2.75, 3.05) is 5.32 Å². The van der Waals surface area contributed by atoms with Crippen LogP contribution in [0.5, 0.6) is 0 Å². The van der Waals surface area contributed by atoms with Gasteiger partial charge in [-0.25, -0.2) is 4.39 Å². The first-order valence-corrected chi connectivity index (χ1v) is 6.36. The second-order valence-corrected chi connectivity index (χ2v) is 4.46. The predicted molar refractivity (Wildman–Crippen MR) is 74.8 cm³/mol. The summed E-state index contributed by atoms with van der Waals surface area (Å²) in [5, 5.41) is 14.5. The van der Waals surface area contributed by atoms with Crippen LogP contribution in [0.4, 0.5) is 10.1 Å². The van der Waals surface area contributed by atoms with E-state index in [9.17, 15) is 9.18 Å². The van der Waals surface area contributed by atoms with Crippen LogP contribution in [0.3, 0.4) is 0 Å². The lowest BCUT2D eigenvalue weighted by Crippen LogP contribution is -2.37. The van der Waals surface area contributed by atoms with Gasteiger partial charge in [-0.2, -0.15) is 5.26 Å². The highest BCUT2D eigenvalue weighted by Gasteiger charge is 2.14. The monoisotopic (exact) mass is 287 g/mol. The highest BCUT2D eigenvalue weighted by atomic mass is 19.1. The number of hydrogen-bond donors (Lipinski definition) is 2. The summed E-state index contributed by atoms with van der Waals surface area (Å²) in [5.41, 5.74) is 0.570. The van der Waals surface area contributed by atoms with Crippen molar-refractivity contribution in [2.45, 2.75) is 19.5 Å². The standard InChI is InChI=1S/C15H14FN3O2/c1-10(15(20)18-9-13-3-2-6-21-13)19-14-5-4-12(16)7-11(14)8-17/h2-7,10,19H,9H2,1H3,(H,18,20). The van der Waals surface area contributed by atoms with Crippen molar-refractivity contribution >= 4 is 11.6 Å². The molecule has 0 bridgehead atoms. The van der Waals surface area contributed by atoms with Crippen LogP contribution in [0.15, 0.2) is 41.0 Å². The van der Waals surface area contributed by atoms with Crippen LogP contribution in [0.1, 0.15) is 18.2 Å². The number of hydrogen-bond acceptors (Lipinski definition) is 4. The van der Waals surface area contributed by atoms with Crippen LogP contribution in [-0.2, 0) is 11.3 Å². The van der Waals surface area contributed by atoms with Gasteiger partial charge >= 0.3 is 0 Å². The second-order valence-electron chi connectivity index (χ2n) is 4.46. The Bertz CT molecular complexity index is 662. The molecule has 21 heavy (non-hydrogen) atoms. The minimum atomic E-state index is -0.572. The van der Waals surface area contributed by atoms with Gasteiger partial charge in [0.25, 0.3) is 0 Å². The van der Waals surface area contributed by atoms with Gasteiger partial charge in [-0.15, -0.1) is 0 Å². The Morgan fingerprint density at radius 2 is 2.29 bits per heavy atom. The van der Waals surface area contributed by atoms with E-state index in [1.54, 1.807) is 19.1 Å². The minimum Gasteiger partial charge on any atom is -0.467 e. The Labute approximate surface area is 121 Å². The number of carbonyl (C=O) groups excluding carboxylic acids is 1. The summed E-state index contributed by atoms with van der Waals surface area (Å²) in [6.45, 7) is 1.94. The van der Waals surface area contributed by atoms with Crippen molar-refractivity contribution in [1.82, 2.24) is 5.32 Å². The maximum atomic E-state index is 13.0. The second kappa shape index (κ2) is 6.57. The molecule has 0 aliphatic carbocycles. The molecule has 1 aromatic carbocycles. The van der Waals surface area contributed by atoms with Crippen LogP contribution < -0.4 is 10.6 Å². The van der Waals surface area contributed by atoms with Crippen molar-refractivity contribution in [3.8, 4) is 6.07 Å². The van der Waals surface area contributed by atoms with Gasteiger partial charge in [-0.05, 0) is 37.3 Å². The molecule has 0 saturated heterocycles. The highest BCUT2D eigenvalue weighted by molar-refractivity contribution is 5.84. The number of nitrogens with zero attached hydrogens (tertiary/aromatic N) is 1. The number of benzene rings is 1. The average Bonchev–Trinajstić information content (AvgIpc) is 2.99. The van der Waals surface area contributed by atoms with Gasteiger partial charge in [0.2, 0.25) is 5.91 Å². The normalized spacial score (nSPS) is 11.5. The third kappa shape index (κ3) is 3.83. The van der Waals surface area contributed by atoms with Gasteiger partial charge in [0, 0.05) is 0 Å². The first-order chi connectivity index (χ1) is 10.1. The van der Waals surface area contributed by atoms with Gasteiger partial charge in [-0.3, -0.25) is 4.79 Å². The topological polar surface area (TPSA) is 78.1 Å². The van der Waals surface area contributed by atoms with Crippen LogP contribution in [0.25, 0.3) is 0 Å². The van der Waals surface area contributed by atoms with Gasteiger partial charge in [-0.1, -0.05) is 0 Å². The predicted octanol–water partition coefficient (Wildman–Crippen LogP) is 2.41. The Morgan fingerprint density at radius 1 is 1.48 bits per heavy atom. The average molecular weight is 287 g/mol. The maximum absolute atomic E-state index is 13.0. The quantitative estimate of drug-likeness (QED) is 0.885. The molecule has 1 amide bonds. The smallest absolute Gasteiger partial charge is 0.242 e. The summed E-state index contributed by atoms with van der Waals surface area (Å²) in [7, 11) is 0. The number of nitrogens with one attached hydrogen (secondary N) is 2. The maximum Gasteiger partial charge on any atom is 0.242 e. The number of halogens is 1. The molecule has 0 spiro atoms. The molecular weight excluding hydrogens is 273 g/mol. The van der Waals surface area contributed by atoms with E-state index in [2.05, 4.69) is 10.6 Å². The van der Waals surface area contributed by atoms with E-state index in [0.717, 1.165) is 6.07 Å². The molecule has 108 valence electrons. The summed E-state index contributed by atoms with van der Waals surface area (Å²) < 4.78 is 18.2. The largest absolute Gasteiger partial charge is 0.467 e. The number of nitriles is 1. The molecule has 0 aliphatic heterocycles. The molecule has 1 atom stereocenters. The molecule has 1 unspecified atom stereocenters. The first kappa shape index (κ1) is 14.6. The highest BCUT2D eigenvalue weighted by Crippen LogP contribution is 2.17. The molecule has 6 heteroatoms. The van der Waals surface area contributed by atoms with Crippen LogP contribution in [-0.4, -0.2) is 11.9 Å². The van der Waals surface area contributed by atoms with Gasteiger partial charge in [0.15, 0.2) is 0 Å². The summed E-state index contributed by atoms with van der Waals surface area (Å²) in [6.07, 6.45) is 1.53. The lowest BCUT2D eigenvalue weighted by Gasteiger charge is -2.15. The molecule has 1 aromatic heterocycles. The molecule has 0 radical (unpaired) electrons. The SMILES string of the molecule is CC(Nc1ccc(F)cc1C#N)C(=O)NCc1ccco1. The third-order valence-corrected chi connectivity index (χ3v) is 2.88. The molecule has 2 N–H and O–H groups in total. The minimum absolute atomic E-state index is 0.153. The summed E-state index contributed by atoms with van der Waals surface area (Å²) in [4.78, 5) is 11.9. The van der Waals surface area contributed by atoms with Gasteiger partial charge in [0.1, 0.15) is 23.7 Å². The van der Waals surface area contributed by atoms with Crippen LogP contribution in [0.2, 0.25) is 0 Å². The Balaban J connectivity index is 1.96. The third-order valence-electron chi connectivity index (χ3n) is 2.88. The molecule has 0 fully saturated rings. The molecular formula is C15H14FN3O2. The molecule has 2 rings (SSSR count). The number of carbonyl (C=O) groups is 1. The Morgan fingerprint density at radius 3 is 2.95 bits per heavy atom. The van der Waals surface area contributed by atoms with E-state index >= 15 is 0 Å². The zero-order valence-electron chi connectivity index (χ0n) is 11.4. The summed E-state index contributed by atoms with van der Waals surface area (Å²) in [5.74, 6) is -0.0957. The molecule has 0 saturated carbocycles. The summed E-state index contributed by atoms with van der Waals surface area (Å²) in [6, 6.07) is 8.60. The lowest BCUT2D eigenvalue weighted by molar-refractivity contribution is -0.121. The Hall–Kier alpha value is -2.81. The van der Waals surface area contributed by atoms with Crippen molar-refractivity contribution < 1.29 is 13.6 Å². The van der Waals surface area contributed by atoms with E-state index < -0.39 is 11.9 Å². The molecule has 2 aromatic rings. The van der Waals surface area contributed by atoms with E-state index in [4.69, 9.17) is 9.68 Å². The van der Waals surface area contributed by atoms with Gasteiger partial charge < -0.3 is 15.1 Å². The lowest BCUT2D eigenvalue weighted by atomic mass is 10.1. The fourth-order valence-corrected chi connectivity index (χ4v) is 1.77. The van der Waals surface area contributed by atoms with Crippen molar-refractivity contribution in [2.24, 2.45) is 0 Å². The first-order valence-electron chi connectivity index (χ1n) is 6.36. The number of rotatable bonds is 5. The van der Waals surface area contributed by atoms with Gasteiger partial charge in [0.05, 0.1) is 24.1 Å². The Kier molecular flexibility index (Phi) is 4.57. The number of amides is 1. The molecule has 1 heterocycles. The number of furan rings is 1. The molecule has 5 nitrogen and oxygen atoms in total. The van der Waals surface area contributed by atoms with Crippen molar-refractivity contribution in [3.05, 3.63) is 53.7 Å². The van der Waals surface area contributed by atoms with E-state index in [-0.39, 0.29) is 18.0 Å². The van der Waals surface area contributed by atoms with E-state index in [1.165, 1.54) is 18.4 Å². The molecule has 0 aliphatic rings. The number of anilines is 1. The van der Waals surface area contributed by atoms with E-state index in [1.807, 2.05) is 6.07 Å². The van der Waals surface area contributed by atoms with Crippen LogP contribution in [0, 0.1) is 17.1 Å². The van der Waals surface area contributed by atoms with Crippen molar-refractivity contribution in [3.63, 3.8) is 0 Å². The summed E-state index contributed by atoms with van der Waals surface area (Å²) >= 11 is 0. The van der Waals surface area contributed by atoms with Crippen molar-refractivity contribution in [1.29, 1.82) is 5.26 Å². The zero-order chi connectivity index (χ0) is 15.2. The van der Waals surface area contributed by atoms with E-state index in [0.29, 0.717) is 11.4 Å². The fourth-order valence-electron chi connectivity index (χ4n) is 1.77. The zero-order valence-corrected chi connectivity index (χ0v) is 11.4. The fraction of sp³-hybridized carbons (Fsp3) is 0.200. The van der Waals surface area contributed by atoms with Crippen LogP contribution >= 0.6 is 0 Å².